The molecule has 2 atom stereocenters. The van der Waals surface area contributed by atoms with Gasteiger partial charge in [-0.1, -0.05) is 77.7 Å². The molecule has 1 nitrogen and oxygen atoms in total. The van der Waals surface area contributed by atoms with Crippen molar-refractivity contribution < 1.29 is 0 Å². The Bertz CT molecular complexity index is 204. The minimum Gasteiger partial charge on any atom is -0.303 e. The SMILES string of the molecule is C=CC(CC(C)CCCCCCCCCC)N(C)C.Cl. The molecule has 0 aliphatic rings. The van der Waals surface area contributed by atoms with Crippen molar-refractivity contribution >= 4 is 12.4 Å². The average Bonchev–Trinajstić information content (AvgIpc) is 2.38. The van der Waals surface area contributed by atoms with Crippen LogP contribution >= 0.6 is 12.4 Å². The van der Waals surface area contributed by atoms with Gasteiger partial charge in [0.15, 0.2) is 0 Å². The molecular formula is C18H38ClN. The zero-order chi connectivity index (χ0) is 14.5. The molecule has 0 N–H and O–H groups in total. The molecule has 0 aromatic heterocycles. The first kappa shape index (κ1) is 22.3. The highest BCUT2D eigenvalue weighted by molar-refractivity contribution is 5.85. The molecule has 2 unspecified atom stereocenters. The Balaban J connectivity index is 0. The van der Waals surface area contributed by atoms with Gasteiger partial charge < -0.3 is 4.90 Å². The van der Waals surface area contributed by atoms with Crippen molar-refractivity contribution in [2.24, 2.45) is 5.92 Å². The third-order valence-electron chi connectivity index (χ3n) is 4.13. The molecule has 2 heteroatoms. The van der Waals surface area contributed by atoms with E-state index in [1.54, 1.807) is 0 Å². The van der Waals surface area contributed by atoms with Gasteiger partial charge in [-0.3, -0.25) is 0 Å². The molecular weight excluding hydrogens is 266 g/mol. The third kappa shape index (κ3) is 13.0. The van der Waals surface area contributed by atoms with E-state index in [-0.39, 0.29) is 12.4 Å². The minimum absolute atomic E-state index is 0. The molecule has 122 valence electrons. The summed E-state index contributed by atoms with van der Waals surface area (Å²) in [4.78, 5) is 2.28. The van der Waals surface area contributed by atoms with Crippen LogP contribution in [0.4, 0.5) is 0 Å². The number of halogens is 1. The van der Waals surface area contributed by atoms with Gasteiger partial charge in [0.1, 0.15) is 0 Å². The van der Waals surface area contributed by atoms with Gasteiger partial charge in [-0.05, 0) is 26.4 Å². The third-order valence-corrected chi connectivity index (χ3v) is 4.13. The fraction of sp³-hybridized carbons (Fsp3) is 0.889. The second-order valence-corrected chi connectivity index (χ2v) is 6.37. The highest BCUT2D eigenvalue weighted by atomic mass is 35.5. The number of nitrogens with zero attached hydrogens (tertiary/aromatic N) is 1. The maximum atomic E-state index is 3.94. The fourth-order valence-electron chi connectivity index (χ4n) is 2.67. The van der Waals surface area contributed by atoms with E-state index in [9.17, 15) is 0 Å². The summed E-state index contributed by atoms with van der Waals surface area (Å²) < 4.78 is 0. The van der Waals surface area contributed by atoms with Crippen molar-refractivity contribution in [3.63, 3.8) is 0 Å². The smallest absolute Gasteiger partial charge is 0.0272 e. The molecule has 0 aromatic carbocycles. The highest BCUT2D eigenvalue weighted by Gasteiger charge is 2.11. The second kappa shape index (κ2) is 15.4. The Kier molecular flexibility index (Phi) is 17.1. The normalized spacial score (nSPS) is 13.8. The Labute approximate surface area is 134 Å². The molecule has 0 bridgehead atoms. The van der Waals surface area contributed by atoms with E-state index in [4.69, 9.17) is 0 Å². The molecule has 20 heavy (non-hydrogen) atoms. The molecule has 0 amide bonds. The zero-order valence-electron chi connectivity index (χ0n) is 14.4. The molecule has 0 rings (SSSR count). The van der Waals surface area contributed by atoms with E-state index in [0.29, 0.717) is 6.04 Å². The monoisotopic (exact) mass is 303 g/mol. The van der Waals surface area contributed by atoms with E-state index >= 15 is 0 Å². The van der Waals surface area contributed by atoms with Crippen molar-refractivity contribution in [3.8, 4) is 0 Å². The zero-order valence-corrected chi connectivity index (χ0v) is 15.2. The highest BCUT2D eigenvalue weighted by Crippen LogP contribution is 2.18. The van der Waals surface area contributed by atoms with Gasteiger partial charge >= 0.3 is 0 Å². The van der Waals surface area contributed by atoms with Gasteiger partial charge in [0.2, 0.25) is 0 Å². The molecule has 0 aliphatic carbocycles. The van der Waals surface area contributed by atoms with Gasteiger partial charge in [-0.15, -0.1) is 19.0 Å². The lowest BCUT2D eigenvalue weighted by Gasteiger charge is -2.24. The number of likely N-dealkylation sites (N-methyl/N-ethyl adjacent to an activating group) is 1. The minimum atomic E-state index is 0. The molecule has 0 aliphatic heterocycles. The van der Waals surface area contributed by atoms with Gasteiger partial charge in [0.25, 0.3) is 0 Å². The Morgan fingerprint density at radius 1 is 0.950 bits per heavy atom. The second-order valence-electron chi connectivity index (χ2n) is 6.37. The van der Waals surface area contributed by atoms with Crippen molar-refractivity contribution in [1.82, 2.24) is 4.90 Å². The number of hydrogen-bond acceptors (Lipinski definition) is 1. The summed E-state index contributed by atoms with van der Waals surface area (Å²) in [5, 5.41) is 0. The van der Waals surface area contributed by atoms with Crippen LogP contribution in [0.3, 0.4) is 0 Å². The first-order valence-electron chi connectivity index (χ1n) is 8.40. The Morgan fingerprint density at radius 2 is 1.45 bits per heavy atom. The fourth-order valence-corrected chi connectivity index (χ4v) is 2.67. The van der Waals surface area contributed by atoms with Crippen molar-refractivity contribution in [2.75, 3.05) is 14.1 Å². The standard InChI is InChI=1S/C18H37N.ClH/c1-6-8-9-10-11-12-13-14-15-17(3)16-18(7-2)19(4)5;/h7,17-18H,2,6,8-16H2,1,3-5H3;1H. The summed E-state index contributed by atoms with van der Waals surface area (Å²) in [6, 6.07) is 0.545. The van der Waals surface area contributed by atoms with Gasteiger partial charge in [0.05, 0.1) is 0 Å². The van der Waals surface area contributed by atoms with Crippen LogP contribution in [0.1, 0.15) is 78.1 Å². The van der Waals surface area contributed by atoms with E-state index in [1.807, 2.05) is 0 Å². The lowest BCUT2D eigenvalue weighted by atomic mass is 9.95. The summed E-state index contributed by atoms with van der Waals surface area (Å²) >= 11 is 0. The number of unbranched alkanes of at least 4 members (excludes halogenated alkanes) is 7. The summed E-state index contributed by atoms with van der Waals surface area (Å²) in [6.07, 6.45) is 16.1. The number of hydrogen-bond donors (Lipinski definition) is 0. The van der Waals surface area contributed by atoms with E-state index in [2.05, 4.69) is 45.5 Å². The van der Waals surface area contributed by atoms with Crippen LogP contribution in [0, 0.1) is 5.92 Å². The average molecular weight is 304 g/mol. The lowest BCUT2D eigenvalue weighted by Crippen LogP contribution is -2.27. The summed E-state index contributed by atoms with van der Waals surface area (Å²) in [5.41, 5.74) is 0. The first-order chi connectivity index (χ1) is 9.11. The Hall–Kier alpha value is -0.0100. The quantitative estimate of drug-likeness (QED) is 0.294. The molecule has 0 radical (unpaired) electrons. The molecule has 0 saturated heterocycles. The van der Waals surface area contributed by atoms with Crippen LogP contribution in [0.2, 0.25) is 0 Å². The largest absolute Gasteiger partial charge is 0.303 e. The van der Waals surface area contributed by atoms with Crippen molar-refractivity contribution in [3.05, 3.63) is 12.7 Å². The molecule has 0 saturated carbocycles. The van der Waals surface area contributed by atoms with Crippen LogP contribution in [0.25, 0.3) is 0 Å². The van der Waals surface area contributed by atoms with E-state index < -0.39 is 0 Å². The molecule has 0 spiro atoms. The van der Waals surface area contributed by atoms with Crippen LogP contribution in [-0.2, 0) is 0 Å². The predicted octanol–water partition coefficient (Wildman–Crippen LogP) is 6.08. The number of rotatable bonds is 13. The topological polar surface area (TPSA) is 3.24 Å². The maximum Gasteiger partial charge on any atom is 0.0272 e. The first-order valence-corrected chi connectivity index (χ1v) is 8.40. The maximum absolute atomic E-state index is 3.94. The van der Waals surface area contributed by atoms with Crippen LogP contribution < -0.4 is 0 Å². The summed E-state index contributed by atoms with van der Waals surface area (Å²) in [5.74, 6) is 0.825. The molecule has 0 heterocycles. The van der Waals surface area contributed by atoms with Gasteiger partial charge in [-0.25, -0.2) is 0 Å². The molecule has 0 fully saturated rings. The molecule has 0 aromatic rings. The Morgan fingerprint density at radius 3 is 1.90 bits per heavy atom. The van der Waals surface area contributed by atoms with Gasteiger partial charge in [-0.2, -0.15) is 0 Å². The van der Waals surface area contributed by atoms with Crippen molar-refractivity contribution in [2.45, 2.75) is 84.1 Å². The van der Waals surface area contributed by atoms with E-state index in [0.717, 1.165) is 5.92 Å². The van der Waals surface area contributed by atoms with Crippen molar-refractivity contribution in [1.29, 1.82) is 0 Å². The summed E-state index contributed by atoms with van der Waals surface area (Å²) in [6.45, 7) is 8.61. The van der Waals surface area contributed by atoms with Gasteiger partial charge in [0, 0.05) is 6.04 Å². The van der Waals surface area contributed by atoms with Crippen LogP contribution in [0.5, 0.6) is 0 Å². The van der Waals surface area contributed by atoms with E-state index in [1.165, 1.54) is 64.2 Å². The summed E-state index contributed by atoms with van der Waals surface area (Å²) in [7, 11) is 4.30. The predicted molar refractivity (Wildman–Crippen MR) is 95.9 cm³/mol. The lowest BCUT2D eigenvalue weighted by molar-refractivity contribution is 0.285. The van der Waals surface area contributed by atoms with Crippen LogP contribution in [0.15, 0.2) is 12.7 Å². The van der Waals surface area contributed by atoms with Crippen LogP contribution in [-0.4, -0.2) is 25.0 Å².